The Balaban J connectivity index is 0.00000324. The van der Waals surface area contributed by atoms with Crippen LogP contribution in [0.15, 0.2) is 48.7 Å². The van der Waals surface area contributed by atoms with Gasteiger partial charge in [0.1, 0.15) is 17.7 Å². The van der Waals surface area contributed by atoms with E-state index in [2.05, 4.69) is 26.0 Å². The maximum Gasteiger partial charge on any atom is 2.00 e. The Labute approximate surface area is 204 Å². The predicted octanol–water partition coefficient (Wildman–Crippen LogP) is 5.72. The molecule has 11 heteroatoms. The average Bonchev–Trinajstić information content (AvgIpc) is 3.16. The first-order valence-electron chi connectivity index (χ1n) is 9.56. The van der Waals surface area contributed by atoms with Crippen LogP contribution in [0.25, 0.3) is 22.6 Å². The SMILES string of the molecule is CC(C)(c1cccc(-c2[c-]cc(F)nc2F)n1)c1cccc(-c2[n-]cc(C(F)(F)F)c2F)n1.[Pt+2]. The van der Waals surface area contributed by atoms with Crippen LogP contribution in [0.4, 0.5) is 26.3 Å². The minimum absolute atomic E-state index is 0. The number of hydrogen-bond donors (Lipinski definition) is 0. The van der Waals surface area contributed by atoms with E-state index in [1.807, 2.05) is 0 Å². The Kier molecular flexibility index (Phi) is 7.03. The molecule has 0 unspecified atom stereocenters. The number of alkyl halides is 3. The summed E-state index contributed by atoms with van der Waals surface area (Å²) < 4.78 is 80.4. The molecule has 178 valence electrons. The summed E-state index contributed by atoms with van der Waals surface area (Å²) in [5.74, 6) is -3.59. The summed E-state index contributed by atoms with van der Waals surface area (Å²) in [6.45, 7) is 3.48. The van der Waals surface area contributed by atoms with Gasteiger partial charge in [-0.25, -0.2) is 13.2 Å². The maximum absolute atomic E-state index is 14.4. The standard InChI is InChI=1S/C23H14F6N4.Pt/c1-22(2,16-7-3-5-14(31-16)12-9-10-18(24)33-21(12)26)17-8-4-6-15(32-17)20-19(25)13(11-30-20)23(27,28)29;/h3-8,10-11H,1-2H3;/q-2;+2. The van der Waals surface area contributed by atoms with Crippen LogP contribution >= 0.6 is 0 Å². The Hall–Kier alpha value is -3.00. The first-order valence-corrected chi connectivity index (χ1v) is 9.56. The molecule has 0 aromatic carbocycles. The van der Waals surface area contributed by atoms with Gasteiger partial charge in [0.25, 0.3) is 0 Å². The van der Waals surface area contributed by atoms with Gasteiger partial charge in [0.2, 0.25) is 0 Å². The number of pyridine rings is 3. The van der Waals surface area contributed by atoms with Crippen molar-refractivity contribution in [3.8, 4) is 22.6 Å². The van der Waals surface area contributed by atoms with Crippen LogP contribution in [0, 0.1) is 23.8 Å². The van der Waals surface area contributed by atoms with Gasteiger partial charge in [0.15, 0.2) is 0 Å². The maximum atomic E-state index is 14.4. The van der Waals surface area contributed by atoms with E-state index >= 15 is 0 Å². The first-order chi connectivity index (χ1) is 15.5. The first kappa shape index (κ1) is 25.6. The molecule has 0 amide bonds. The third kappa shape index (κ3) is 4.77. The Morgan fingerprint density at radius 2 is 1.44 bits per heavy atom. The van der Waals surface area contributed by atoms with Crippen molar-refractivity contribution in [2.45, 2.75) is 25.4 Å². The second-order valence-corrected chi connectivity index (χ2v) is 7.66. The molecule has 0 fully saturated rings. The van der Waals surface area contributed by atoms with Crippen molar-refractivity contribution < 1.29 is 47.4 Å². The van der Waals surface area contributed by atoms with Gasteiger partial charge in [-0.15, -0.1) is 6.07 Å². The Morgan fingerprint density at radius 1 is 0.853 bits per heavy atom. The topological polar surface area (TPSA) is 52.8 Å². The van der Waals surface area contributed by atoms with Crippen LogP contribution in [0.3, 0.4) is 0 Å². The molecule has 4 aromatic heterocycles. The number of halogens is 6. The summed E-state index contributed by atoms with van der Waals surface area (Å²) in [6, 6.07) is 12.6. The molecular formula is C23H14F6N4Pt. The molecule has 34 heavy (non-hydrogen) atoms. The Bertz CT molecular complexity index is 1330. The minimum atomic E-state index is -4.88. The van der Waals surface area contributed by atoms with Crippen molar-refractivity contribution in [1.29, 1.82) is 0 Å². The van der Waals surface area contributed by atoms with Crippen LogP contribution in [0.1, 0.15) is 30.8 Å². The molecule has 4 nitrogen and oxygen atoms in total. The molecule has 0 saturated carbocycles. The zero-order valence-electron chi connectivity index (χ0n) is 17.5. The van der Waals surface area contributed by atoms with Crippen LogP contribution in [0.2, 0.25) is 0 Å². The van der Waals surface area contributed by atoms with E-state index in [-0.39, 0.29) is 38.0 Å². The van der Waals surface area contributed by atoms with Crippen molar-refractivity contribution in [3.05, 3.63) is 89.4 Å². The summed E-state index contributed by atoms with van der Waals surface area (Å²) in [6.07, 6.45) is -4.45. The van der Waals surface area contributed by atoms with Gasteiger partial charge < -0.3 is 9.97 Å². The molecule has 0 aliphatic heterocycles. The minimum Gasteiger partial charge on any atom is -0.659 e. The molecule has 0 aliphatic carbocycles. The van der Waals surface area contributed by atoms with E-state index in [0.717, 1.165) is 6.07 Å². The van der Waals surface area contributed by atoms with Gasteiger partial charge in [-0.1, -0.05) is 35.5 Å². The van der Waals surface area contributed by atoms with Gasteiger partial charge in [-0.05, 0) is 37.7 Å². The number of hydrogen-bond acceptors (Lipinski definition) is 3. The van der Waals surface area contributed by atoms with E-state index < -0.39 is 40.6 Å². The van der Waals surface area contributed by atoms with E-state index in [4.69, 9.17) is 0 Å². The van der Waals surface area contributed by atoms with E-state index in [0.29, 0.717) is 17.6 Å². The van der Waals surface area contributed by atoms with Crippen molar-refractivity contribution in [1.82, 2.24) is 19.9 Å². The molecule has 4 heterocycles. The molecular weight excluding hydrogens is 641 g/mol. The number of nitrogens with zero attached hydrogens (tertiary/aromatic N) is 4. The number of aromatic nitrogens is 4. The van der Waals surface area contributed by atoms with E-state index in [1.54, 1.807) is 32.0 Å². The molecule has 0 radical (unpaired) electrons. The van der Waals surface area contributed by atoms with Crippen molar-refractivity contribution in [2.24, 2.45) is 0 Å². The molecule has 0 saturated heterocycles. The Morgan fingerprint density at radius 3 is 2.00 bits per heavy atom. The number of rotatable bonds is 4. The van der Waals surface area contributed by atoms with Gasteiger partial charge in [0, 0.05) is 11.1 Å². The fourth-order valence-electron chi connectivity index (χ4n) is 3.27. The fraction of sp³-hybridized carbons (Fsp3) is 0.174. The monoisotopic (exact) mass is 655 g/mol. The van der Waals surface area contributed by atoms with Gasteiger partial charge in [-0.3, -0.25) is 9.97 Å². The third-order valence-corrected chi connectivity index (χ3v) is 5.10. The molecule has 4 aromatic rings. The largest absolute Gasteiger partial charge is 2.00 e. The summed E-state index contributed by atoms with van der Waals surface area (Å²) in [7, 11) is 0. The van der Waals surface area contributed by atoms with Crippen molar-refractivity contribution >= 4 is 0 Å². The zero-order chi connectivity index (χ0) is 24.0. The van der Waals surface area contributed by atoms with Crippen LogP contribution in [-0.4, -0.2) is 15.0 Å². The predicted molar refractivity (Wildman–Crippen MR) is 106 cm³/mol. The average molecular weight is 655 g/mol. The molecule has 0 spiro atoms. The van der Waals surface area contributed by atoms with Crippen LogP contribution in [-0.2, 0) is 32.7 Å². The second-order valence-electron chi connectivity index (χ2n) is 7.66. The quantitative estimate of drug-likeness (QED) is 0.160. The fourth-order valence-corrected chi connectivity index (χ4v) is 3.27. The summed E-state index contributed by atoms with van der Waals surface area (Å²) in [4.78, 5) is 15.4. The summed E-state index contributed by atoms with van der Waals surface area (Å²) >= 11 is 0. The molecule has 4 rings (SSSR count). The molecule has 0 atom stereocenters. The van der Waals surface area contributed by atoms with Crippen LogP contribution in [0.5, 0.6) is 0 Å². The third-order valence-electron chi connectivity index (χ3n) is 5.10. The van der Waals surface area contributed by atoms with Gasteiger partial charge >= 0.3 is 27.2 Å². The van der Waals surface area contributed by atoms with Crippen molar-refractivity contribution in [3.63, 3.8) is 0 Å². The van der Waals surface area contributed by atoms with E-state index in [9.17, 15) is 26.3 Å². The van der Waals surface area contributed by atoms with Crippen LogP contribution < -0.4 is 4.98 Å². The van der Waals surface area contributed by atoms with E-state index in [1.165, 1.54) is 18.2 Å². The molecule has 0 N–H and O–H groups in total. The van der Waals surface area contributed by atoms with Gasteiger partial charge in [0.05, 0.1) is 17.0 Å². The van der Waals surface area contributed by atoms with Crippen molar-refractivity contribution in [2.75, 3.05) is 0 Å². The molecule has 0 bridgehead atoms. The zero-order valence-corrected chi connectivity index (χ0v) is 19.8. The summed E-state index contributed by atoms with van der Waals surface area (Å²) in [5.41, 5.74) is -2.17. The normalized spacial score (nSPS) is 11.9. The summed E-state index contributed by atoms with van der Waals surface area (Å²) in [5, 5.41) is 0. The smallest absolute Gasteiger partial charge is 0.659 e. The van der Waals surface area contributed by atoms with Gasteiger partial charge in [-0.2, -0.15) is 19.4 Å². The second kappa shape index (κ2) is 9.33. The molecule has 0 aliphatic rings.